The van der Waals surface area contributed by atoms with Crippen molar-refractivity contribution < 1.29 is 18.0 Å². The molecule has 0 aromatic heterocycles. The van der Waals surface area contributed by atoms with Gasteiger partial charge in [0.15, 0.2) is 9.84 Å². The van der Waals surface area contributed by atoms with Crippen molar-refractivity contribution in [3.63, 3.8) is 0 Å². The summed E-state index contributed by atoms with van der Waals surface area (Å²) in [6, 6.07) is 13.7. The number of rotatable bonds is 6. The number of carbonyl (C=O) groups is 2. The van der Waals surface area contributed by atoms with Gasteiger partial charge in [-0.15, -0.1) is 0 Å². The van der Waals surface area contributed by atoms with Crippen LogP contribution in [0.5, 0.6) is 0 Å². The predicted octanol–water partition coefficient (Wildman–Crippen LogP) is 3.57. The van der Waals surface area contributed by atoms with Gasteiger partial charge in [-0.1, -0.05) is 37.1 Å². The highest BCUT2D eigenvalue weighted by Crippen LogP contribution is 2.35. The number of benzene rings is 2. The summed E-state index contributed by atoms with van der Waals surface area (Å²) in [5.41, 5.74) is 2.55. The van der Waals surface area contributed by atoms with E-state index >= 15 is 0 Å². The highest BCUT2D eigenvalue weighted by Gasteiger charge is 2.32. The van der Waals surface area contributed by atoms with Gasteiger partial charge in [-0.3, -0.25) is 9.59 Å². The molecule has 1 heterocycles. The summed E-state index contributed by atoms with van der Waals surface area (Å²) in [6.07, 6.45) is 4.82. The van der Waals surface area contributed by atoms with Gasteiger partial charge in [-0.05, 0) is 49.1 Å². The fourth-order valence-electron chi connectivity index (χ4n) is 4.28. The maximum atomic E-state index is 12.9. The standard InChI is InChI=1S/C23H26N2O4S/c26-22(13-15-30(28,29)20-8-2-1-3-9-20)24-19-11-10-17-12-14-25(21(17)16-19)23(27)18-6-4-5-7-18/h1-3,8-11,16,18H,4-7,12-15H2,(H,24,26). The first-order chi connectivity index (χ1) is 14.4. The van der Waals surface area contributed by atoms with Gasteiger partial charge in [0, 0.05) is 30.3 Å². The minimum atomic E-state index is -3.50. The van der Waals surface area contributed by atoms with E-state index in [0.717, 1.165) is 43.4 Å². The van der Waals surface area contributed by atoms with Crippen LogP contribution in [0.1, 0.15) is 37.7 Å². The van der Waals surface area contributed by atoms with Crippen LogP contribution in [0.3, 0.4) is 0 Å². The average Bonchev–Trinajstić information content (AvgIpc) is 3.43. The van der Waals surface area contributed by atoms with E-state index in [1.807, 2.05) is 23.1 Å². The quantitative estimate of drug-likeness (QED) is 0.765. The molecule has 4 rings (SSSR count). The van der Waals surface area contributed by atoms with Gasteiger partial charge in [0.05, 0.1) is 10.6 Å². The van der Waals surface area contributed by atoms with Crippen molar-refractivity contribution in [2.24, 2.45) is 5.92 Å². The Morgan fingerprint density at radius 2 is 1.77 bits per heavy atom. The summed E-state index contributed by atoms with van der Waals surface area (Å²) in [7, 11) is -3.50. The molecule has 2 aromatic rings. The number of nitrogens with zero attached hydrogens (tertiary/aromatic N) is 1. The zero-order chi connectivity index (χ0) is 21.1. The van der Waals surface area contributed by atoms with Crippen LogP contribution >= 0.6 is 0 Å². The fraction of sp³-hybridized carbons (Fsp3) is 0.391. The van der Waals surface area contributed by atoms with Crippen LogP contribution in [0.4, 0.5) is 11.4 Å². The zero-order valence-corrected chi connectivity index (χ0v) is 17.7. The topological polar surface area (TPSA) is 83.6 Å². The van der Waals surface area contributed by atoms with Crippen LogP contribution in [-0.2, 0) is 25.8 Å². The summed E-state index contributed by atoms with van der Waals surface area (Å²) in [5, 5.41) is 2.78. The Labute approximate surface area is 177 Å². The molecule has 30 heavy (non-hydrogen) atoms. The highest BCUT2D eigenvalue weighted by atomic mass is 32.2. The minimum absolute atomic E-state index is 0.109. The SMILES string of the molecule is O=C(CCS(=O)(=O)c1ccccc1)Nc1ccc2c(c1)N(C(=O)C1CCCC1)CC2. The largest absolute Gasteiger partial charge is 0.326 e. The molecule has 2 aromatic carbocycles. The molecule has 1 aliphatic carbocycles. The number of sulfone groups is 1. The van der Waals surface area contributed by atoms with E-state index in [0.29, 0.717) is 12.2 Å². The predicted molar refractivity (Wildman–Crippen MR) is 116 cm³/mol. The molecule has 0 unspecified atom stereocenters. The summed E-state index contributed by atoms with van der Waals surface area (Å²) in [5.74, 6) is -0.317. The van der Waals surface area contributed by atoms with Gasteiger partial charge in [-0.2, -0.15) is 0 Å². The van der Waals surface area contributed by atoms with E-state index in [1.165, 1.54) is 12.1 Å². The first-order valence-corrected chi connectivity index (χ1v) is 12.1. The van der Waals surface area contributed by atoms with Gasteiger partial charge in [0.1, 0.15) is 0 Å². The summed E-state index contributed by atoms with van der Waals surface area (Å²) in [4.78, 5) is 27.3. The molecule has 0 bridgehead atoms. The Bertz CT molecular complexity index is 1040. The molecular formula is C23H26N2O4S. The van der Waals surface area contributed by atoms with Gasteiger partial charge < -0.3 is 10.2 Å². The first kappa shape index (κ1) is 20.6. The van der Waals surface area contributed by atoms with Crippen LogP contribution in [0.25, 0.3) is 0 Å². The lowest BCUT2D eigenvalue weighted by molar-refractivity contribution is -0.122. The smallest absolute Gasteiger partial charge is 0.230 e. The molecule has 158 valence electrons. The fourth-order valence-corrected chi connectivity index (χ4v) is 5.54. The monoisotopic (exact) mass is 426 g/mol. The lowest BCUT2D eigenvalue weighted by Gasteiger charge is -2.21. The number of carbonyl (C=O) groups excluding carboxylic acids is 2. The number of hydrogen-bond acceptors (Lipinski definition) is 4. The van der Waals surface area contributed by atoms with E-state index in [4.69, 9.17) is 0 Å². The van der Waals surface area contributed by atoms with Crippen molar-refractivity contribution >= 4 is 33.0 Å². The van der Waals surface area contributed by atoms with Crippen LogP contribution in [0.2, 0.25) is 0 Å². The Morgan fingerprint density at radius 1 is 1.03 bits per heavy atom. The Kier molecular flexibility index (Phi) is 5.90. The molecule has 0 saturated heterocycles. The summed E-state index contributed by atoms with van der Waals surface area (Å²) in [6.45, 7) is 0.678. The summed E-state index contributed by atoms with van der Waals surface area (Å²) < 4.78 is 24.7. The lowest BCUT2D eigenvalue weighted by atomic mass is 10.1. The maximum absolute atomic E-state index is 12.9. The molecule has 2 aliphatic rings. The molecule has 2 amide bonds. The normalized spacial score (nSPS) is 16.5. The second-order valence-corrected chi connectivity index (χ2v) is 10.1. The van der Waals surface area contributed by atoms with E-state index in [2.05, 4.69) is 5.32 Å². The molecule has 1 aliphatic heterocycles. The Morgan fingerprint density at radius 3 is 2.50 bits per heavy atom. The molecule has 7 heteroatoms. The molecular weight excluding hydrogens is 400 g/mol. The zero-order valence-electron chi connectivity index (χ0n) is 16.8. The van der Waals surface area contributed by atoms with Gasteiger partial charge in [0.25, 0.3) is 0 Å². The van der Waals surface area contributed by atoms with E-state index in [-0.39, 0.29) is 34.8 Å². The van der Waals surface area contributed by atoms with Gasteiger partial charge in [0.2, 0.25) is 11.8 Å². The first-order valence-electron chi connectivity index (χ1n) is 10.5. The maximum Gasteiger partial charge on any atom is 0.230 e. The van der Waals surface area contributed by atoms with Crippen molar-refractivity contribution in [1.82, 2.24) is 0 Å². The van der Waals surface area contributed by atoms with Crippen LogP contribution < -0.4 is 10.2 Å². The van der Waals surface area contributed by atoms with Crippen molar-refractivity contribution in [3.05, 3.63) is 54.1 Å². The lowest BCUT2D eigenvalue weighted by Crippen LogP contribution is -2.33. The van der Waals surface area contributed by atoms with Crippen molar-refractivity contribution in [1.29, 1.82) is 0 Å². The number of amides is 2. The molecule has 1 N–H and O–H groups in total. The van der Waals surface area contributed by atoms with E-state index in [1.54, 1.807) is 18.2 Å². The van der Waals surface area contributed by atoms with E-state index in [9.17, 15) is 18.0 Å². The second-order valence-electron chi connectivity index (χ2n) is 7.99. The third kappa shape index (κ3) is 4.41. The highest BCUT2D eigenvalue weighted by molar-refractivity contribution is 7.91. The number of anilines is 2. The molecule has 6 nitrogen and oxygen atoms in total. The summed E-state index contributed by atoms with van der Waals surface area (Å²) >= 11 is 0. The van der Waals surface area contributed by atoms with Crippen molar-refractivity contribution in [3.8, 4) is 0 Å². The van der Waals surface area contributed by atoms with Crippen molar-refractivity contribution in [2.45, 2.75) is 43.4 Å². The third-order valence-corrected chi connectivity index (χ3v) is 7.67. The van der Waals surface area contributed by atoms with Crippen LogP contribution in [0.15, 0.2) is 53.4 Å². The molecule has 0 atom stereocenters. The second kappa shape index (κ2) is 8.60. The average molecular weight is 427 g/mol. The van der Waals surface area contributed by atoms with Crippen LogP contribution in [-0.4, -0.2) is 32.5 Å². The number of nitrogens with one attached hydrogen (secondary N) is 1. The molecule has 0 spiro atoms. The molecule has 1 fully saturated rings. The van der Waals surface area contributed by atoms with Gasteiger partial charge >= 0.3 is 0 Å². The third-order valence-electron chi connectivity index (χ3n) is 5.94. The number of fused-ring (bicyclic) bond motifs is 1. The van der Waals surface area contributed by atoms with Crippen molar-refractivity contribution in [2.75, 3.05) is 22.5 Å². The molecule has 0 radical (unpaired) electrons. The van der Waals surface area contributed by atoms with Crippen LogP contribution in [0, 0.1) is 5.92 Å². The van der Waals surface area contributed by atoms with Gasteiger partial charge in [-0.25, -0.2) is 8.42 Å². The number of hydrogen-bond donors (Lipinski definition) is 1. The molecule has 1 saturated carbocycles. The Hall–Kier alpha value is -2.67. The van der Waals surface area contributed by atoms with E-state index < -0.39 is 9.84 Å². The Balaban J connectivity index is 1.40. The minimum Gasteiger partial charge on any atom is -0.326 e.